The minimum absolute atomic E-state index is 0.489. The van der Waals surface area contributed by atoms with E-state index in [4.69, 9.17) is 5.73 Å². The number of nitrogens with zero attached hydrogens (tertiary/aromatic N) is 1. The lowest BCUT2D eigenvalue weighted by molar-refractivity contribution is 0.250. The molecule has 15 heavy (non-hydrogen) atoms. The predicted octanol–water partition coefficient (Wildman–Crippen LogP) is 2.24. The van der Waals surface area contributed by atoms with Gasteiger partial charge in [-0.15, -0.1) is 0 Å². The van der Waals surface area contributed by atoms with Gasteiger partial charge in [0.15, 0.2) is 0 Å². The number of nitrogens with two attached hydrogens (primary N) is 1. The quantitative estimate of drug-likeness (QED) is 0.666. The Bertz CT molecular complexity index is 185. The Morgan fingerprint density at radius 3 is 2.47 bits per heavy atom. The molecule has 1 unspecified atom stereocenters. The summed E-state index contributed by atoms with van der Waals surface area (Å²) >= 11 is 0. The summed E-state index contributed by atoms with van der Waals surface area (Å²) in [4.78, 5) is 2.64. The molecule has 88 valence electrons. The zero-order chi connectivity index (χ0) is 10.7. The monoisotopic (exact) mass is 210 g/mol. The molecule has 0 spiro atoms. The number of hydrogen-bond donors (Lipinski definition) is 1. The third-order valence-corrected chi connectivity index (χ3v) is 3.76. The highest BCUT2D eigenvalue weighted by atomic mass is 15.1. The van der Waals surface area contributed by atoms with Crippen LogP contribution in [0, 0.1) is 11.8 Å². The largest absolute Gasteiger partial charge is 0.327 e. The van der Waals surface area contributed by atoms with E-state index < -0.39 is 0 Å². The van der Waals surface area contributed by atoms with Crippen molar-refractivity contribution in [3.05, 3.63) is 0 Å². The summed E-state index contributed by atoms with van der Waals surface area (Å²) in [5.41, 5.74) is 6.14. The third kappa shape index (κ3) is 4.12. The molecule has 2 fully saturated rings. The van der Waals surface area contributed by atoms with Crippen LogP contribution >= 0.6 is 0 Å². The van der Waals surface area contributed by atoms with E-state index in [0.717, 1.165) is 11.8 Å². The normalized spacial score (nSPS) is 23.4. The first-order valence-electron chi connectivity index (χ1n) is 6.77. The molecule has 0 heterocycles. The Morgan fingerprint density at radius 2 is 1.93 bits per heavy atom. The maximum absolute atomic E-state index is 6.14. The van der Waals surface area contributed by atoms with Crippen LogP contribution in [0.25, 0.3) is 0 Å². The van der Waals surface area contributed by atoms with Gasteiger partial charge >= 0.3 is 0 Å². The maximum Gasteiger partial charge on any atom is 0.00793 e. The summed E-state index contributed by atoms with van der Waals surface area (Å²) in [5.74, 6) is 1.89. The van der Waals surface area contributed by atoms with Crippen molar-refractivity contribution >= 4 is 0 Å². The molecule has 0 radical (unpaired) electrons. The minimum Gasteiger partial charge on any atom is -0.327 e. The van der Waals surface area contributed by atoms with Gasteiger partial charge in [-0.1, -0.05) is 6.92 Å². The fourth-order valence-electron chi connectivity index (χ4n) is 2.37. The van der Waals surface area contributed by atoms with Crippen LogP contribution in [0.4, 0.5) is 0 Å². The average molecular weight is 210 g/mol. The van der Waals surface area contributed by atoms with E-state index in [1.54, 1.807) is 0 Å². The predicted molar refractivity (Wildman–Crippen MR) is 64.8 cm³/mol. The Kier molecular flexibility index (Phi) is 4.04. The Labute approximate surface area is 94.2 Å². The molecule has 0 bridgehead atoms. The Balaban J connectivity index is 1.62. The molecule has 2 heteroatoms. The lowest BCUT2D eigenvalue weighted by Gasteiger charge is -2.23. The first-order valence-corrected chi connectivity index (χ1v) is 6.77. The standard InChI is InChI=1S/C13H26N2/c1-2-8-15(10-11-3-4-11)9-7-13(14)12-5-6-12/h11-13H,2-10,14H2,1H3. The lowest BCUT2D eigenvalue weighted by Crippen LogP contribution is -2.33. The number of hydrogen-bond acceptors (Lipinski definition) is 2. The van der Waals surface area contributed by atoms with Crippen molar-refractivity contribution in [2.75, 3.05) is 19.6 Å². The molecule has 0 aromatic heterocycles. The highest BCUT2D eigenvalue weighted by Crippen LogP contribution is 2.33. The van der Waals surface area contributed by atoms with Gasteiger partial charge in [-0.3, -0.25) is 0 Å². The summed E-state index contributed by atoms with van der Waals surface area (Å²) in [6.07, 6.45) is 8.21. The van der Waals surface area contributed by atoms with Crippen molar-refractivity contribution < 1.29 is 0 Å². The SMILES string of the molecule is CCCN(CCC(N)C1CC1)CC1CC1. The van der Waals surface area contributed by atoms with Gasteiger partial charge in [-0.25, -0.2) is 0 Å². The van der Waals surface area contributed by atoms with Gasteiger partial charge in [0, 0.05) is 12.6 Å². The van der Waals surface area contributed by atoms with E-state index in [2.05, 4.69) is 11.8 Å². The number of rotatable bonds is 8. The molecule has 0 amide bonds. The van der Waals surface area contributed by atoms with Gasteiger partial charge in [0.05, 0.1) is 0 Å². The topological polar surface area (TPSA) is 29.3 Å². The van der Waals surface area contributed by atoms with E-state index in [-0.39, 0.29) is 0 Å². The molecule has 2 rings (SSSR count). The second kappa shape index (κ2) is 5.31. The third-order valence-electron chi connectivity index (χ3n) is 3.76. The molecule has 2 N–H and O–H groups in total. The van der Waals surface area contributed by atoms with Gasteiger partial charge in [-0.2, -0.15) is 0 Å². The van der Waals surface area contributed by atoms with Crippen molar-refractivity contribution in [2.24, 2.45) is 17.6 Å². The summed E-state index contributed by atoms with van der Waals surface area (Å²) in [7, 11) is 0. The van der Waals surface area contributed by atoms with Crippen LogP contribution in [0.15, 0.2) is 0 Å². The highest BCUT2D eigenvalue weighted by Gasteiger charge is 2.29. The van der Waals surface area contributed by atoms with Crippen LogP contribution in [-0.4, -0.2) is 30.6 Å². The molecule has 2 aliphatic carbocycles. The van der Waals surface area contributed by atoms with Gasteiger partial charge in [0.2, 0.25) is 0 Å². The van der Waals surface area contributed by atoms with E-state index in [9.17, 15) is 0 Å². The summed E-state index contributed by atoms with van der Waals surface area (Å²) < 4.78 is 0. The summed E-state index contributed by atoms with van der Waals surface area (Å²) in [6.45, 7) is 6.13. The van der Waals surface area contributed by atoms with E-state index in [1.165, 1.54) is 58.2 Å². The van der Waals surface area contributed by atoms with Gasteiger partial charge < -0.3 is 10.6 Å². The van der Waals surface area contributed by atoms with Crippen LogP contribution in [0.2, 0.25) is 0 Å². The molecule has 2 saturated carbocycles. The smallest absolute Gasteiger partial charge is 0.00793 e. The van der Waals surface area contributed by atoms with E-state index in [0.29, 0.717) is 6.04 Å². The zero-order valence-corrected chi connectivity index (χ0v) is 10.1. The van der Waals surface area contributed by atoms with E-state index in [1.807, 2.05) is 0 Å². The van der Waals surface area contributed by atoms with Crippen molar-refractivity contribution in [2.45, 2.75) is 51.5 Å². The molecule has 0 saturated heterocycles. The average Bonchev–Trinajstić information content (AvgIpc) is 3.04. The summed E-state index contributed by atoms with van der Waals surface area (Å²) in [6, 6.07) is 0.489. The summed E-state index contributed by atoms with van der Waals surface area (Å²) in [5, 5.41) is 0. The lowest BCUT2D eigenvalue weighted by atomic mass is 10.1. The molecule has 0 aliphatic heterocycles. The fraction of sp³-hybridized carbons (Fsp3) is 1.00. The van der Waals surface area contributed by atoms with Crippen LogP contribution in [0.5, 0.6) is 0 Å². The van der Waals surface area contributed by atoms with Crippen LogP contribution in [0.3, 0.4) is 0 Å². The van der Waals surface area contributed by atoms with Crippen molar-refractivity contribution in [1.29, 1.82) is 0 Å². The van der Waals surface area contributed by atoms with Crippen LogP contribution < -0.4 is 5.73 Å². The molecule has 1 atom stereocenters. The van der Waals surface area contributed by atoms with Crippen molar-refractivity contribution in [1.82, 2.24) is 4.90 Å². The zero-order valence-electron chi connectivity index (χ0n) is 10.1. The first kappa shape index (κ1) is 11.4. The van der Waals surface area contributed by atoms with E-state index >= 15 is 0 Å². The van der Waals surface area contributed by atoms with Crippen LogP contribution in [-0.2, 0) is 0 Å². The fourth-order valence-corrected chi connectivity index (χ4v) is 2.37. The van der Waals surface area contributed by atoms with Crippen molar-refractivity contribution in [3.63, 3.8) is 0 Å². The van der Waals surface area contributed by atoms with Crippen molar-refractivity contribution in [3.8, 4) is 0 Å². The highest BCUT2D eigenvalue weighted by molar-refractivity contribution is 4.85. The molecule has 0 aromatic rings. The molecular weight excluding hydrogens is 184 g/mol. The molecule has 2 aliphatic rings. The second-order valence-corrected chi connectivity index (χ2v) is 5.53. The van der Waals surface area contributed by atoms with Gasteiger partial charge in [-0.05, 0) is 63.5 Å². The Morgan fingerprint density at radius 1 is 1.20 bits per heavy atom. The van der Waals surface area contributed by atoms with Gasteiger partial charge in [0.1, 0.15) is 0 Å². The Hall–Kier alpha value is -0.0800. The maximum atomic E-state index is 6.14. The van der Waals surface area contributed by atoms with Gasteiger partial charge in [0.25, 0.3) is 0 Å². The first-order chi connectivity index (χ1) is 7.29. The molecular formula is C13H26N2. The second-order valence-electron chi connectivity index (χ2n) is 5.53. The minimum atomic E-state index is 0.489. The molecule has 2 nitrogen and oxygen atoms in total. The van der Waals surface area contributed by atoms with Crippen LogP contribution in [0.1, 0.15) is 45.4 Å². The molecule has 0 aromatic carbocycles.